The van der Waals surface area contributed by atoms with Gasteiger partial charge in [-0.25, -0.2) is 0 Å². The molecule has 22 heavy (non-hydrogen) atoms. The molecule has 5 nitrogen and oxygen atoms in total. The number of hydrogen-bond acceptors (Lipinski definition) is 3. The third-order valence-electron chi connectivity index (χ3n) is 4.40. The van der Waals surface area contributed by atoms with Gasteiger partial charge >= 0.3 is 0 Å². The second kappa shape index (κ2) is 7.95. The van der Waals surface area contributed by atoms with Crippen LogP contribution < -0.4 is 5.32 Å². The van der Waals surface area contributed by atoms with Gasteiger partial charge in [0.1, 0.15) is 0 Å². The Labute approximate surface area is 135 Å². The molecular formula is C17H33N3O2. The van der Waals surface area contributed by atoms with Crippen molar-refractivity contribution in [3.8, 4) is 0 Å². The average molecular weight is 311 g/mol. The van der Waals surface area contributed by atoms with Gasteiger partial charge in [0.15, 0.2) is 0 Å². The van der Waals surface area contributed by atoms with Gasteiger partial charge in [0.2, 0.25) is 11.8 Å². The first-order valence-corrected chi connectivity index (χ1v) is 8.39. The number of carbonyl (C=O) groups is 2. The van der Waals surface area contributed by atoms with Crippen LogP contribution in [0.3, 0.4) is 0 Å². The van der Waals surface area contributed by atoms with Crippen molar-refractivity contribution in [3.05, 3.63) is 0 Å². The molecule has 2 amide bonds. The standard InChI is InChI=1S/C17H33N3O2/c1-13(19(5)12-15(21)18-17(2,3)4)16(22)20(6)14-10-8-7-9-11-14/h13-14H,7-12H2,1-6H3,(H,18,21). The van der Waals surface area contributed by atoms with E-state index in [1.807, 2.05) is 51.6 Å². The highest BCUT2D eigenvalue weighted by molar-refractivity contribution is 5.83. The molecule has 128 valence electrons. The van der Waals surface area contributed by atoms with E-state index in [0.29, 0.717) is 6.04 Å². The van der Waals surface area contributed by atoms with E-state index in [1.165, 1.54) is 19.3 Å². The van der Waals surface area contributed by atoms with Crippen LogP contribution >= 0.6 is 0 Å². The van der Waals surface area contributed by atoms with Crippen LogP contribution in [0.4, 0.5) is 0 Å². The largest absolute Gasteiger partial charge is 0.350 e. The van der Waals surface area contributed by atoms with Crippen molar-refractivity contribution < 1.29 is 9.59 Å². The van der Waals surface area contributed by atoms with Crippen molar-refractivity contribution >= 4 is 11.8 Å². The maximum Gasteiger partial charge on any atom is 0.239 e. The molecule has 1 unspecified atom stereocenters. The molecule has 1 rings (SSSR count). The number of amides is 2. The van der Waals surface area contributed by atoms with E-state index in [4.69, 9.17) is 0 Å². The molecule has 1 aliphatic rings. The van der Waals surface area contributed by atoms with Gasteiger partial charge in [-0.05, 0) is 47.6 Å². The van der Waals surface area contributed by atoms with E-state index in [-0.39, 0.29) is 29.9 Å². The maximum atomic E-state index is 12.6. The van der Waals surface area contributed by atoms with Gasteiger partial charge in [-0.1, -0.05) is 19.3 Å². The van der Waals surface area contributed by atoms with Crippen LogP contribution in [0.5, 0.6) is 0 Å². The minimum atomic E-state index is -0.280. The zero-order valence-corrected chi connectivity index (χ0v) is 15.1. The second-order valence-corrected chi connectivity index (χ2v) is 7.63. The first-order chi connectivity index (χ1) is 10.1. The second-order valence-electron chi connectivity index (χ2n) is 7.63. The minimum Gasteiger partial charge on any atom is -0.350 e. The zero-order valence-electron chi connectivity index (χ0n) is 15.1. The van der Waals surface area contributed by atoms with Gasteiger partial charge in [0.05, 0.1) is 12.6 Å². The van der Waals surface area contributed by atoms with Crippen LogP contribution in [-0.2, 0) is 9.59 Å². The molecule has 0 aromatic rings. The Morgan fingerprint density at radius 1 is 1.14 bits per heavy atom. The highest BCUT2D eigenvalue weighted by Crippen LogP contribution is 2.22. The molecule has 1 saturated carbocycles. The van der Waals surface area contributed by atoms with Gasteiger partial charge in [-0.15, -0.1) is 0 Å². The van der Waals surface area contributed by atoms with Gasteiger partial charge in [-0.2, -0.15) is 0 Å². The molecular weight excluding hydrogens is 278 g/mol. The topological polar surface area (TPSA) is 52.7 Å². The number of rotatable bonds is 5. The molecule has 1 fully saturated rings. The van der Waals surface area contributed by atoms with E-state index in [1.54, 1.807) is 0 Å². The number of nitrogens with one attached hydrogen (secondary N) is 1. The van der Waals surface area contributed by atoms with E-state index in [0.717, 1.165) is 12.8 Å². The first-order valence-electron chi connectivity index (χ1n) is 8.39. The molecule has 0 spiro atoms. The van der Waals surface area contributed by atoms with Crippen molar-refractivity contribution in [1.82, 2.24) is 15.1 Å². The Hall–Kier alpha value is -1.10. The van der Waals surface area contributed by atoms with Crippen LogP contribution in [0.15, 0.2) is 0 Å². The monoisotopic (exact) mass is 311 g/mol. The van der Waals surface area contributed by atoms with Crippen molar-refractivity contribution in [2.75, 3.05) is 20.6 Å². The Morgan fingerprint density at radius 3 is 2.18 bits per heavy atom. The maximum absolute atomic E-state index is 12.6. The summed E-state index contributed by atoms with van der Waals surface area (Å²) < 4.78 is 0. The normalized spacial score (nSPS) is 18.1. The zero-order chi connectivity index (χ0) is 16.9. The van der Waals surface area contributed by atoms with E-state index < -0.39 is 0 Å². The molecule has 1 atom stereocenters. The number of hydrogen-bond donors (Lipinski definition) is 1. The lowest BCUT2D eigenvalue weighted by atomic mass is 9.94. The Kier molecular flexibility index (Phi) is 6.85. The predicted octanol–water partition coefficient (Wildman–Crippen LogP) is 2.01. The molecule has 0 aromatic carbocycles. The molecule has 0 radical (unpaired) electrons. The summed E-state index contributed by atoms with van der Waals surface area (Å²) in [6, 6.07) is 0.0816. The van der Waals surface area contributed by atoms with Gasteiger partial charge in [0.25, 0.3) is 0 Å². The third kappa shape index (κ3) is 5.95. The molecule has 0 saturated heterocycles. The first kappa shape index (κ1) is 18.9. The lowest BCUT2D eigenvalue weighted by molar-refractivity contribution is -0.138. The molecule has 0 heterocycles. The summed E-state index contributed by atoms with van der Waals surface area (Å²) in [5.74, 6) is 0.0629. The average Bonchev–Trinajstić information content (AvgIpc) is 2.43. The summed E-state index contributed by atoms with van der Waals surface area (Å²) in [7, 11) is 3.73. The summed E-state index contributed by atoms with van der Waals surface area (Å²) in [6.45, 7) is 7.98. The van der Waals surface area contributed by atoms with Crippen molar-refractivity contribution in [1.29, 1.82) is 0 Å². The SMILES string of the molecule is CC(C(=O)N(C)C1CCCCC1)N(C)CC(=O)NC(C)(C)C. The number of carbonyl (C=O) groups excluding carboxylic acids is 2. The smallest absolute Gasteiger partial charge is 0.239 e. The van der Waals surface area contributed by atoms with Crippen LogP contribution in [0.2, 0.25) is 0 Å². The Balaban J connectivity index is 2.52. The van der Waals surface area contributed by atoms with E-state index in [2.05, 4.69) is 5.32 Å². The Morgan fingerprint density at radius 2 is 1.68 bits per heavy atom. The lowest BCUT2D eigenvalue weighted by Crippen LogP contribution is -2.52. The number of likely N-dealkylation sites (N-methyl/N-ethyl adjacent to an activating group) is 2. The van der Waals surface area contributed by atoms with Crippen LogP contribution in [0.25, 0.3) is 0 Å². The molecule has 5 heteroatoms. The summed E-state index contributed by atoms with van der Waals surface area (Å²) in [5.41, 5.74) is -0.246. The molecule has 1 N–H and O–H groups in total. The fourth-order valence-electron chi connectivity index (χ4n) is 2.95. The number of nitrogens with zero attached hydrogens (tertiary/aromatic N) is 2. The molecule has 0 bridgehead atoms. The molecule has 1 aliphatic carbocycles. The third-order valence-corrected chi connectivity index (χ3v) is 4.40. The van der Waals surface area contributed by atoms with Gasteiger partial charge in [0, 0.05) is 18.6 Å². The fourth-order valence-corrected chi connectivity index (χ4v) is 2.95. The summed E-state index contributed by atoms with van der Waals surface area (Å²) in [6.07, 6.45) is 5.90. The van der Waals surface area contributed by atoms with Crippen molar-refractivity contribution in [3.63, 3.8) is 0 Å². The summed E-state index contributed by atoms with van der Waals surface area (Å²) in [4.78, 5) is 28.3. The predicted molar refractivity (Wildman–Crippen MR) is 89.6 cm³/mol. The highest BCUT2D eigenvalue weighted by atomic mass is 16.2. The molecule has 0 aromatic heterocycles. The minimum absolute atomic E-state index is 0.0463. The van der Waals surface area contributed by atoms with Crippen LogP contribution in [0, 0.1) is 0 Å². The summed E-state index contributed by atoms with van der Waals surface area (Å²) in [5, 5.41) is 2.93. The van der Waals surface area contributed by atoms with Gasteiger partial charge < -0.3 is 10.2 Å². The van der Waals surface area contributed by atoms with Gasteiger partial charge in [-0.3, -0.25) is 14.5 Å². The summed E-state index contributed by atoms with van der Waals surface area (Å²) >= 11 is 0. The van der Waals surface area contributed by atoms with E-state index >= 15 is 0 Å². The van der Waals surface area contributed by atoms with Crippen molar-refractivity contribution in [2.45, 2.75) is 77.4 Å². The quantitative estimate of drug-likeness (QED) is 0.845. The van der Waals surface area contributed by atoms with Crippen LogP contribution in [-0.4, -0.2) is 59.9 Å². The van der Waals surface area contributed by atoms with Crippen LogP contribution in [0.1, 0.15) is 59.8 Å². The van der Waals surface area contributed by atoms with E-state index in [9.17, 15) is 9.59 Å². The highest BCUT2D eigenvalue weighted by Gasteiger charge is 2.28. The van der Waals surface area contributed by atoms with Crippen molar-refractivity contribution in [2.24, 2.45) is 0 Å². The molecule has 0 aliphatic heterocycles. The fraction of sp³-hybridized carbons (Fsp3) is 0.882. The Bertz CT molecular complexity index is 384. The lowest BCUT2D eigenvalue weighted by Gasteiger charge is -2.35.